The minimum absolute atomic E-state index is 0.0600. The summed E-state index contributed by atoms with van der Waals surface area (Å²) in [6.07, 6.45) is 4.62. The highest BCUT2D eigenvalue weighted by Crippen LogP contribution is 2.31. The number of rotatable bonds is 6. The average Bonchev–Trinajstić information content (AvgIpc) is 2.96. The first-order valence-corrected chi connectivity index (χ1v) is 11.1. The minimum atomic E-state index is -0.802. The van der Waals surface area contributed by atoms with Gasteiger partial charge < -0.3 is 20.6 Å². The first kappa shape index (κ1) is 21.2. The zero-order valence-electron chi connectivity index (χ0n) is 17.8. The van der Waals surface area contributed by atoms with E-state index in [1.807, 2.05) is 24.3 Å². The van der Waals surface area contributed by atoms with Gasteiger partial charge in [-0.2, -0.15) is 0 Å². The number of hydrogen-bond acceptors (Lipinski definition) is 4. The number of carbonyl (C=O) groups is 2. The fourth-order valence-electron chi connectivity index (χ4n) is 4.51. The Morgan fingerprint density at radius 1 is 1.19 bits per heavy atom. The molecule has 1 atom stereocenters. The van der Waals surface area contributed by atoms with Crippen molar-refractivity contribution in [2.24, 2.45) is 0 Å². The summed E-state index contributed by atoms with van der Waals surface area (Å²) in [7, 11) is 0. The molecular formula is C24H30N4O3. The molecule has 0 radical (unpaired) electrons. The Morgan fingerprint density at radius 2 is 2.06 bits per heavy atom. The monoisotopic (exact) mass is 422 g/mol. The molecule has 0 bridgehead atoms. The summed E-state index contributed by atoms with van der Waals surface area (Å²) in [6, 6.07) is 12.0. The minimum Gasteiger partial charge on any atom is -0.481 e. The molecule has 7 heteroatoms. The van der Waals surface area contributed by atoms with Gasteiger partial charge >= 0.3 is 12.0 Å². The molecule has 2 aromatic rings. The smallest absolute Gasteiger partial charge is 0.317 e. The summed E-state index contributed by atoms with van der Waals surface area (Å²) in [5.41, 5.74) is 4.41. The number of carbonyl (C=O) groups excluding carboxylic acids is 1. The highest BCUT2D eigenvalue weighted by Gasteiger charge is 2.26. The van der Waals surface area contributed by atoms with E-state index in [2.05, 4.69) is 22.8 Å². The number of nitrogens with one attached hydrogen (secondary N) is 2. The third kappa shape index (κ3) is 5.34. The van der Waals surface area contributed by atoms with Crippen molar-refractivity contribution in [3.63, 3.8) is 0 Å². The van der Waals surface area contributed by atoms with Crippen LogP contribution in [0.15, 0.2) is 36.4 Å². The van der Waals surface area contributed by atoms with Gasteiger partial charge in [-0.05, 0) is 60.8 Å². The summed E-state index contributed by atoms with van der Waals surface area (Å²) < 4.78 is 0. The van der Waals surface area contributed by atoms with E-state index in [4.69, 9.17) is 4.98 Å². The molecule has 3 N–H and O–H groups in total. The summed E-state index contributed by atoms with van der Waals surface area (Å²) in [4.78, 5) is 30.5. The Balaban J connectivity index is 1.29. The molecule has 164 valence electrons. The van der Waals surface area contributed by atoms with E-state index in [-0.39, 0.29) is 18.4 Å². The fraction of sp³-hybridized carbons (Fsp3) is 0.458. The number of aryl methyl sites for hydroxylation is 2. The zero-order chi connectivity index (χ0) is 21.6. The van der Waals surface area contributed by atoms with E-state index >= 15 is 0 Å². The Hall–Kier alpha value is -3.09. The van der Waals surface area contributed by atoms with Crippen LogP contribution in [0.25, 0.3) is 0 Å². The number of aliphatic carboxylic acids is 1. The van der Waals surface area contributed by atoms with Gasteiger partial charge in [-0.15, -0.1) is 0 Å². The quantitative estimate of drug-likeness (QED) is 0.619. The molecule has 0 aliphatic carbocycles. The molecule has 0 saturated carbocycles. The van der Waals surface area contributed by atoms with Gasteiger partial charge in [0.2, 0.25) is 0 Å². The van der Waals surface area contributed by atoms with Crippen molar-refractivity contribution in [2.75, 3.05) is 25.0 Å². The molecule has 0 spiro atoms. The number of anilines is 1. The number of nitrogens with zero attached hydrogens (tertiary/aromatic N) is 2. The zero-order valence-corrected chi connectivity index (χ0v) is 17.8. The number of fused-ring (bicyclic) bond motifs is 2. The first-order chi connectivity index (χ1) is 15.1. The van der Waals surface area contributed by atoms with Crippen molar-refractivity contribution in [3.8, 4) is 0 Å². The number of carboxylic acid groups (broad SMARTS) is 1. The lowest BCUT2D eigenvalue weighted by Crippen LogP contribution is -2.40. The van der Waals surface area contributed by atoms with E-state index in [1.165, 1.54) is 5.56 Å². The second-order valence-corrected chi connectivity index (χ2v) is 8.38. The number of aromatic nitrogens is 1. The van der Waals surface area contributed by atoms with Crippen LogP contribution in [0.4, 0.5) is 10.6 Å². The molecule has 1 aromatic carbocycles. The van der Waals surface area contributed by atoms with E-state index in [9.17, 15) is 14.7 Å². The van der Waals surface area contributed by atoms with Crippen molar-refractivity contribution in [1.82, 2.24) is 15.2 Å². The fourth-order valence-corrected chi connectivity index (χ4v) is 4.51. The SMILES string of the molecule is O=C(O)CC1CCN(C(=O)NCCCc2ccc3c(n2)NCCC3)Cc2ccccc21. The molecule has 2 aliphatic rings. The molecule has 1 unspecified atom stereocenters. The molecule has 0 saturated heterocycles. The average molecular weight is 423 g/mol. The van der Waals surface area contributed by atoms with Crippen molar-refractivity contribution in [3.05, 3.63) is 58.8 Å². The van der Waals surface area contributed by atoms with Crippen LogP contribution in [0.1, 0.15) is 54.0 Å². The van der Waals surface area contributed by atoms with Crippen LogP contribution in [0.3, 0.4) is 0 Å². The predicted molar refractivity (Wildman–Crippen MR) is 119 cm³/mol. The van der Waals surface area contributed by atoms with Gasteiger partial charge in [0, 0.05) is 31.9 Å². The van der Waals surface area contributed by atoms with E-state index in [1.54, 1.807) is 4.90 Å². The molecule has 2 amide bonds. The second kappa shape index (κ2) is 9.81. The predicted octanol–water partition coefficient (Wildman–Crippen LogP) is 3.55. The summed E-state index contributed by atoms with van der Waals surface area (Å²) in [5, 5.41) is 15.6. The summed E-state index contributed by atoms with van der Waals surface area (Å²) in [6.45, 7) is 2.63. The Morgan fingerprint density at radius 3 is 2.94 bits per heavy atom. The number of carboxylic acids is 1. The second-order valence-electron chi connectivity index (χ2n) is 8.38. The van der Waals surface area contributed by atoms with Gasteiger partial charge in [-0.3, -0.25) is 4.79 Å². The van der Waals surface area contributed by atoms with Gasteiger partial charge in [0.05, 0.1) is 6.42 Å². The van der Waals surface area contributed by atoms with Crippen molar-refractivity contribution >= 4 is 17.8 Å². The van der Waals surface area contributed by atoms with Gasteiger partial charge in [-0.25, -0.2) is 9.78 Å². The van der Waals surface area contributed by atoms with Crippen LogP contribution in [0.5, 0.6) is 0 Å². The maximum Gasteiger partial charge on any atom is 0.317 e. The molecule has 7 nitrogen and oxygen atoms in total. The normalized spacial score (nSPS) is 17.7. The molecule has 1 aromatic heterocycles. The Bertz CT molecular complexity index is 946. The van der Waals surface area contributed by atoms with Crippen LogP contribution < -0.4 is 10.6 Å². The molecule has 4 rings (SSSR count). The summed E-state index contributed by atoms with van der Waals surface area (Å²) in [5.74, 6) is 0.144. The lowest BCUT2D eigenvalue weighted by atomic mass is 9.90. The van der Waals surface area contributed by atoms with Gasteiger partial charge in [0.1, 0.15) is 5.82 Å². The molecule has 2 aliphatic heterocycles. The van der Waals surface area contributed by atoms with Crippen LogP contribution in [0, 0.1) is 0 Å². The van der Waals surface area contributed by atoms with Crippen molar-refractivity contribution in [1.29, 1.82) is 0 Å². The van der Waals surface area contributed by atoms with Gasteiger partial charge in [0.15, 0.2) is 0 Å². The maximum atomic E-state index is 12.8. The van der Waals surface area contributed by atoms with Gasteiger partial charge in [0.25, 0.3) is 0 Å². The number of hydrogen-bond donors (Lipinski definition) is 3. The third-order valence-corrected chi connectivity index (χ3v) is 6.15. The lowest BCUT2D eigenvalue weighted by Gasteiger charge is -2.21. The van der Waals surface area contributed by atoms with E-state index in [0.717, 1.165) is 54.9 Å². The van der Waals surface area contributed by atoms with Crippen molar-refractivity contribution in [2.45, 2.75) is 51.0 Å². The Labute approximate surface area is 182 Å². The number of pyridine rings is 1. The Kier molecular flexibility index (Phi) is 6.70. The number of amides is 2. The van der Waals surface area contributed by atoms with Crippen LogP contribution in [-0.2, 0) is 24.2 Å². The summed E-state index contributed by atoms with van der Waals surface area (Å²) >= 11 is 0. The molecule has 31 heavy (non-hydrogen) atoms. The van der Waals surface area contributed by atoms with E-state index in [0.29, 0.717) is 26.1 Å². The highest BCUT2D eigenvalue weighted by atomic mass is 16.4. The number of urea groups is 1. The third-order valence-electron chi connectivity index (χ3n) is 6.15. The van der Waals surface area contributed by atoms with Gasteiger partial charge in [-0.1, -0.05) is 30.3 Å². The maximum absolute atomic E-state index is 12.8. The molecular weight excluding hydrogens is 392 g/mol. The molecule has 0 fully saturated rings. The number of benzene rings is 1. The topological polar surface area (TPSA) is 94.6 Å². The largest absolute Gasteiger partial charge is 0.481 e. The highest BCUT2D eigenvalue weighted by molar-refractivity contribution is 5.74. The van der Waals surface area contributed by atoms with Crippen molar-refractivity contribution < 1.29 is 14.7 Å². The van der Waals surface area contributed by atoms with Crippen LogP contribution in [0.2, 0.25) is 0 Å². The first-order valence-electron chi connectivity index (χ1n) is 11.1. The van der Waals surface area contributed by atoms with E-state index < -0.39 is 5.97 Å². The standard InChI is InChI=1S/C24H30N4O3/c29-22(30)15-18-11-14-28(16-19-5-1-2-8-21(18)19)24(31)26-13-4-7-20-10-9-17-6-3-12-25-23(17)27-20/h1-2,5,8-10,18H,3-4,6-7,11-16H2,(H,25,27)(H,26,31)(H,29,30). The molecule has 3 heterocycles. The lowest BCUT2D eigenvalue weighted by molar-refractivity contribution is -0.137. The van der Waals surface area contributed by atoms with Crippen LogP contribution >= 0.6 is 0 Å². The van der Waals surface area contributed by atoms with Crippen LogP contribution in [-0.4, -0.2) is 46.6 Å².